The van der Waals surface area contributed by atoms with Gasteiger partial charge in [-0.05, 0) is 47.7 Å². The Kier molecular flexibility index (Phi) is 3.30. The molecule has 1 aliphatic rings. The summed E-state index contributed by atoms with van der Waals surface area (Å²) < 4.78 is 1.94. The Morgan fingerprint density at radius 2 is 1.83 bits per heavy atom. The molecule has 2 aromatic carbocycles. The molecule has 23 heavy (non-hydrogen) atoms. The molecule has 0 saturated carbocycles. The number of pyridine rings is 1. The first-order chi connectivity index (χ1) is 11.2. The van der Waals surface area contributed by atoms with E-state index in [4.69, 9.17) is 0 Å². The number of aromatic nitrogens is 1. The van der Waals surface area contributed by atoms with Crippen molar-refractivity contribution in [2.75, 3.05) is 0 Å². The number of ketones is 1. The zero-order valence-electron chi connectivity index (χ0n) is 13.1. The molecule has 0 fully saturated rings. The summed E-state index contributed by atoms with van der Waals surface area (Å²) in [6.45, 7) is 2.42. The normalized spacial score (nSPS) is 11.9. The molecule has 1 aromatic heterocycles. The number of nitrogens with zero attached hydrogens (tertiary/aromatic N) is 1. The highest BCUT2D eigenvalue weighted by atomic mass is 16.1. The Labute approximate surface area is 136 Å². The molecule has 3 aromatic rings. The van der Waals surface area contributed by atoms with Gasteiger partial charge in [-0.1, -0.05) is 36.4 Å². The SMILES string of the molecule is Cc1ccc[n+](CC(=O)c2ccc3c(c2)Cc2ccccc2-3)c1. The lowest BCUT2D eigenvalue weighted by molar-refractivity contribution is -0.683. The molecular weight excluding hydrogens is 282 g/mol. The third kappa shape index (κ3) is 2.57. The highest BCUT2D eigenvalue weighted by molar-refractivity contribution is 5.96. The van der Waals surface area contributed by atoms with Gasteiger partial charge in [-0.2, -0.15) is 4.57 Å². The summed E-state index contributed by atoms with van der Waals surface area (Å²) in [5.74, 6) is 0.152. The minimum atomic E-state index is 0.152. The van der Waals surface area contributed by atoms with Crippen LogP contribution in [0.25, 0.3) is 11.1 Å². The van der Waals surface area contributed by atoms with E-state index in [-0.39, 0.29) is 5.78 Å². The largest absolute Gasteiger partial charge is 0.287 e. The molecule has 112 valence electrons. The van der Waals surface area contributed by atoms with Crippen LogP contribution in [0.3, 0.4) is 0 Å². The first-order valence-corrected chi connectivity index (χ1v) is 7.91. The molecule has 0 saturated heterocycles. The molecular formula is C21H18NO+. The Morgan fingerprint density at radius 3 is 2.70 bits per heavy atom. The van der Waals surface area contributed by atoms with Crippen LogP contribution >= 0.6 is 0 Å². The van der Waals surface area contributed by atoms with Crippen molar-refractivity contribution in [3.63, 3.8) is 0 Å². The van der Waals surface area contributed by atoms with Gasteiger partial charge in [-0.25, -0.2) is 0 Å². The van der Waals surface area contributed by atoms with Gasteiger partial charge >= 0.3 is 0 Å². The number of benzene rings is 2. The molecule has 1 aliphatic carbocycles. The molecule has 0 bridgehead atoms. The van der Waals surface area contributed by atoms with Crippen molar-refractivity contribution in [1.29, 1.82) is 0 Å². The standard InChI is InChI=1S/C21H18NO/c1-15-5-4-10-22(13-15)14-21(23)17-8-9-20-18(12-17)11-16-6-2-3-7-19(16)20/h2-10,12-13H,11,14H2,1H3/q+1. The second-order valence-electron chi connectivity index (χ2n) is 6.18. The zero-order valence-corrected chi connectivity index (χ0v) is 13.1. The smallest absolute Gasteiger partial charge is 0.227 e. The average molecular weight is 300 g/mol. The quantitative estimate of drug-likeness (QED) is 0.417. The summed E-state index contributed by atoms with van der Waals surface area (Å²) in [5, 5.41) is 0. The van der Waals surface area contributed by atoms with Gasteiger partial charge < -0.3 is 0 Å². The predicted octanol–water partition coefficient (Wildman–Crippen LogP) is 3.74. The van der Waals surface area contributed by atoms with Crippen LogP contribution < -0.4 is 4.57 Å². The topological polar surface area (TPSA) is 20.9 Å². The molecule has 2 nitrogen and oxygen atoms in total. The van der Waals surface area contributed by atoms with E-state index < -0.39 is 0 Å². The number of fused-ring (bicyclic) bond motifs is 3. The molecule has 0 aliphatic heterocycles. The second-order valence-corrected chi connectivity index (χ2v) is 6.18. The van der Waals surface area contributed by atoms with E-state index in [1.54, 1.807) is 0 Å². The van der Waals surface area contributed by atoms with Crippen LogP contribution in [0.1, 0.15) is 27.0 Å². The average Bonchev–Trinajstić information content (AvgIpc) is 2.92. The number of rotatable bonds is 3. The second kappa shape index (κ2) is 5.47. The van der Waals surface area contributed by atoms with Crippen molar-refractivity contribution >= 4 is 5.78 Å². The van der Waals surface area contributed by atoms with Crippen LogP contribution in [0.2, 0.25) is 0 Å². The maximum atomic E-state index is 12.6. The minimum absolute atomic E-state index is 0.152. The Morgan fingerprint density at radius 1 is 1.00 bits per heavy atom. The van der Waals surface area contributed by atoms with Gasteiger partial charge in [-0.15, -0.1) is 0 Å². The number of carbonyl (C=O) groups is 1. The number of carbonyl (C=O) groups excluding carboxylic acids is 1. The summed E-state index contributed by atoms with van der Waals surface area (Å²) in [5.41, 5.74) is 7.12. The first-order valence-electron chi connectivity index (χ1n) is 7.91. The molecule has 0 spiro atoms. The fourth-order valence-electron chi connectivity index (χ4n) is 3.33. The number of hydrogen-bond donors (Lipinski definition) is 0. The fraction of sp³-hybridized carbons (Fsp3) is 0.143. The van der Waals surface area contributed by atoms with E-state index in [9.17, 15) is 4.79 Å². The minimum Gasteiger partial charge on any atom is -0.287 e. The molecule has 0 radical (unpaired) electrons. The van der Waals surface area contributed by atoms with Crippen LogP contribution in [-0.2, 0) is 13.0 Å². The maximum Gasteiger partial charge on any atom is 0.227 e. The van der Waals surface area contributed by atoms with Gasteiger partial charge in [0.05, 0.1) is 0 Å². The third-order valence-electron chi connectivity index (χ3n) is 4.45. The van der Waals surface area contributed by atoms with Crippen molar-refractivity contribution in [3.8, 4) is 11.1 Å². The predicted molar refractivity (Wildman–Crippen MR) is 90.4 cm³/mol. The Balaban J connectivity index is 1.62. The van der Waals surface area contributed by atoms with Crippen molar-refractivity contribution in [3.05, 3.63) is 89.2 Å². The van der Waals surface area contributed by atoms with E-state index >= 15 is 0 Å². The van der Waals surface area contributed by atoms with Gasteiger partial charge in [-0.3, -0.25) is 4.79 Å². The summed E-state index contributed by atoms with van der Waals surface area (Å²) in [6, 6.07) is 18.6. The number of hydrogen-bond acceptors (Lipinski definition) is 1. The molecule has 0 unspecified atom stereocenters. The van der Waals surface area contributed by atoms with Crippen molar-refractivity contribution in [2.45, 2.75) is 19.9 Å². The van der Waals surface area contributed by atoms with Crippen LogP contribution in [0.4, 0.5) is 0 Å². The summed E-state index contributed by atoms with van der Waals surface area (Å²) >= 11 is 0. The molecule has 2 heteroatoms. The van der Waals surface area contributed by atoms with Gasteiger partial charge in [0, 0.05) is 17.2 Å². The van der Waals surface area contributed by atoms with Crippen molar-refractivity contribution < 1.29 is 9.36 Å². The monoisotopic (exact) mass is 300 g/mol. The van der Waals surface area contributed by atoms with Gasteiger partial charge in [0.2, 0.25) is 12.3 Å². The molecule has 0 amide bonds. The summed E-state index contributed by atoms with van der Waals surface area (Å²) in [4.78, 5) is 12.6. The lowest BCUT2D eigenvalue weighted by atomic mass is 10.0. The van der Waals surface area contributed by atoms with Crippen LogP contribution in [0, 0.1) is 6.92 Å². The van der Waals surface area contributed by atoms with E-state index in [2.05, 4.69) is 36.4 Å². The Hall–Kier alpha value is -2.74. The molecule has 1 heterocycles. The maximum absolute atomic E-state index is 12.6. The van der Waals surface area contributed by atoms with Gasteiger partial charge in [0.1, 0.15) is 0 Å². The van der Waals surface area contributed by atoms with E-state index in [1.807, 2.05) is 42.1 Å². The highest BCUT2D eigenvalue weighted by Crippen LogP contribution is 2.36. The number of Topliss-reactive ketones (excluding diaryl/α,β-unsaturated/α-hetero) is 1. The Bertz CT molecular complexity index is 911. The molecule has 0 atom stereocenters. The van der Waals surface area contributed by atoms with Crippen LogP contribution in [0.5, 0.6) is 0 Å². The van der Waals surface area contributed by atoms with E-state index in [0.29, 0.717) is 6.54 Å². The highest BCUT2D eigenvalue weighted by Gasteiger charge is 2.20. The lowest BCUT2D eigenvalue weighted by Crippen LogP contribution is -2.37. The summed E-state index contributed by atoms with van der Waals surface area (Å²) in [7, 11) is 0. The fourth-order valence-corrected chi connectivity index (χ4v) is 3.33. The lowest BCUT2D eigenvalue weighted by Gasteiger charge is -2.04. The van der Waals surface area contributed by atoms with E-state index in [0.717, 1.165) is 17.5 Å². The van der Waals surface area contributed by atoms with Gasteiger partial charge in [0.25, 0.3) is 0 Å². The molecule has 4 rings (SSSR count). The van der Waals surface area contributed by atoms with E-state index in [1.165, 1.54) is 22.3 Å². The van der Waals surface area contributed by atoms with Crippen LogP contribution in [-0.4, -0.2) is 5.78 Å². The zero-order chi connectivity index (χ0) is 15.8. The van der Waals surface area contributed by atoms with Crippen molar-refractivity contribution in [2.24, 2.45) is 0 Å². The van der Waals surface area contributed by atoms with Crippen molar-refractivity contribution in [1.82, 2.24) is 0 Å². The molecule has 0 N–H and O–H groups in total. The van der Waals surface area contributed by atoms with Gasteiger partial charge in [0.15, 0.2) is 12.4 Å². The number of aryl methyl sites for hydroxylation is 1. The first kappa shape index (κ1) is 13.9. The summed E-state index contributed by atoms with van der Waals surface area (Å²) in [6.07, 6.45) is 4.86. The third-order valence-corrected chi connectivity index (χ3v) is 4.45. The van der Waals surface area contributed by atoms with Crippen LogP contribution in [0.15, 0.2) is 67.0 Å².